The Balaban J connectivity index is 2.59. The molecule has 0 bridgehead atoms. The van der Waals surface area contributed by atoms with Gasteiger partial charge in [-0.3, -0.25) is 5.41 Å². The molecule has 1 rings (SSSR count). The molecule has 0 aliphatic heterocycles. The van der Waals surface area contributed by atoms with Crippen LogP contribution >= 0.6 is 11.3 Å². The van der Waals surface area contributed by atoms with Crippen LogP contribution in [0.4, 0.5) is 0 Å². The minimum absolute atomic E-state index is 0.0284. The van der Waals surface area contributed by atoms with Gasteiger partial charge in [-0.15, -0.1) is 11.3 Å². The molecule has 0 aliphatic rings. The van der Waals surface area contributed by atoms with Crippen LogP contribution in [-0.4, -0.2) is 28.9 Å². The number of aromatic nitrogens is 1. The third-order valence-corrected chi connectivity index (χ3v) is 2.48. The van der Waals surface area contributed by atoms with Crippen LogP contribution in [0.5, 0.6) is 0 Å². The highest BCUT2D eigenvalue weighted by Crippen LogP contribution is 2.09. The maximum Gasteiger partial charge on any atom is 0.221 e. The Labute approximate surface area is 92.1 Å². The predicted octanol–water partition coefficient (Wildman–Crippen LogP) is 0.0915. The fraction of sp³-hybridized carbons (Fsp3) is 0.375. The molecule has 7 heteroatoms. The van der Waals surface area contributed by atoms with Gasteiger partial charge in [-0.05, 0) is 6.92 Å². The first-order valence-electron chi connectivity index (χ1n) is 4.29. The van der Waals surface area contributed by atoms with E-state index in [0.717, 1.165) is 10.7 Å². The first-order chi connectivity index (χ1) is 6.99. The number of thiazole rings is 1. The van der Waals surface area contributed by atoms with Crippen LogP contribution < -0.4 is 11.5 Å². The standard InChI is InChI=1S/C8H14N6S/c1-5-12-6(4-15-5)3-14(2)8(11)13-7(9)10/h4H,3H2,1-2H3,(H5,9,10,11,13). The van der Waals surface area contributed by atoms with Crippen molar-refractivity contribution >= 4 is 23.3 Å². The van der Waals surface area contributed by atoms with E-state index < -0.39 is 0 Å². The molecule has 0 saturated carbocycles. The number of nitrogens with two attached hydrogens (primary N) is 2. The van der Waals surface area contributed by atoms with Crippen molar-refractivity contribution in [1.29, 1.82) is 5.41 Å². The lowest BCUT2D eigenvalue weighted by Gasteiger charge is -2.14. The minimum atomic E-state index is -0.110. The molecule has 0 radical (unpaired) electrons. The van der Waals surface area contributed by atoms with Crippen LogP contribution in [0.15, 0.2) is 10.4 Å². The van der Waals surface area contributed by atoms with Crippen LogP contribution in [0.3, 0.4) is 0 Å². The van der Waals surface area contributed by atoms with Gasteiger partial charge in [-0.2, -0.15) is 4.99 Å². The number of aryl methyl sites for hydroxylation is 1. The molecule has 0 fully saturated rings. The minimum Gasteiger partial charge on any atom is -0.370 e. The molecule has 1 aromatic heterocycles. The molecule has 0 spiro atoms. The molecular formula is C8H14N6S. The van der Waals surface area contributed by atoms with Crippen LogP contribution in [0, 0.1) is 12.3 Å². The molecule has 5 N–H and O–H groups in total. The normalized spacial score (nSPS) is 9.73. The van der Waals surface area contributed by atoms with Gasteiger partial charge in [0, 0.05) is 12.4 Å². The highest BCUT2D eigenvalue weighted by Gasteiger charge is 2.06. The van der Waals surface area contributed by atoms with E-state index in [1.54, 1.807) is 23.3 Å². The summed E-state index contributed by atoms with van der Waals surface area (Å²) in [4.78, 5) is 9.54. The summed E-state index contributed by atoms with van der Waals surface area (Å²) in [7, 11) is 1.74. The maximum atomic E-state index is 7.54. The summed E-state index contributed by atoms with van der Waals surface area (Å²) in [6.07, 6.45) is 0. The van der Waals surface area contributed by atoms with E-state index in [-0.39, 0.29) is 11.9 Å². The van der Waals surface area contributed by atoms with Crippen LogP contribution in [0.25, 0.3) is 0 Å². The Morgan fingerprint density at radius 1 is 1.67 bits per heavy atom. The lowest BCUT2D eigenvalue weighted by molar-refractivity contribution is 0.485. The molecule has 0 saturated heterocycles. The average molecular weight is 226 g/mol. The Morgan fingerprint density at radius 3 is 2.80 bits per heavy atom. The van der Waals surface area contributed by atoms with E-state index in [2.05, 4.69) is 9.98 Å². The number of hydrogen-bond donors (Lipinski definition) is 3. The second-order valence-electron chi connectivity index (χ2n) is 3.07. The monoisotopic (exact) mass is 226 g/mol. The van der Waals surface area contributed by atoms with Gasteiger partial charge in [-0.1, -0.05) is 0 Å². The Morgan fingerprint density at radius 2 is 2.33 bits per heavy atom. The number of nitrogens with one attached hydrogen (secondary N) is 1. The number of nitrogens with zero attached hydrogens (tertiary/aromatic N) is 3. The maximum absolute atomic E-state index is 7.54. The zero-order valence-electron chi connectivity index (χ0n) is 8.69. The lowest BCUT2D eigenvalue weighted by Crippen LogP contribution is -2.30. The van der Waals surface area contributed by atoms with Crippen molar-refractivity contribution in [3.8, 4) is 0 Å². The molecule has 1 aromatic rings. The average Bonchev–Trinajstić information content (AvgIpc) is 2.50. The van der Waals surface area contributed by atoms with Gasteiger partial charge in [0.2, 0.25) is 5.96 Å². The highest BCUT2D eigenvalue weighted by molar-refractivity contribution is 7.09. The molecule has 15 heavy (non-hydrogen) atoms. The molecule has 6 nitrogen and oxygen atoms in total. The van der Waals surface area contributed by atoms with E-state index in [4.69, 9.17) is 16.9 Å². The lowest BCUT2D eigenvalue weighted by atomic mass is 10.4. The summed E-state index contributed by atoms with van der Waals surface area (Å²) in [6.45, 7) is 2.47. The first-order valence-corrected chi connectivity index (χ1v) is 5.17. The van der Waals surface area contributed by atoms with E-state index in [9.17, 15) is 0 Å². The zero-order chi connectivity index (χ0) is 11.4. The van der Waals surface area contributed by atoms with E-state index in [0.29, 0.717) is 6.54 Å². The largest absolute Gasteiger partial charge is 0.370 e. The van der Waals surface area contributed by atoms with Crippen LogP contribution in [0.2, 0.25) is 0 Å². The third-order valence-electron chi connectivity index (χ3n) is 1.66. The molecule has 82 valence electrons. The van der Waals surface area contributed by atoms with Gasteiger partial charge in [0.25, 0.3) is 0 Å². The SMILES string of the molecule is Cc1nc(CN(C)C(=N)N=C(N)N)cs1. The second kappa shape index (κ2) is 4.74. The fourth-order valence-corrected chi connectivity index (χ4v) is 1.61. The van der Waals surface area contributed by atoms with E-state index >= 15 is 0 Å². The molecule has 0 atom stereocenters. The fourth-order valence-electron chi connectivity index (χ4n) is 1.01. The van der Waals surface area contributed by atoms with Crippen molar-refractivity contribution in [3.05, 3.63) is 16.1 Å². The van der Waals surface area contributed by atoms with E-state index in [1.807, 2.05) is 12.3 Å². The zero-order valence-corrected chi connectivity index (χ0v) is 9.51. The van der Waals surface area contributed by atoms with Crippen molar-refractivity contribution < 1.29 is 0 Å². The van der Waals surface area contributed by atoms with Gasteiger partial charge >= 0.3 is 0 Å². The van der Waals surface area contributed by atoms with Crippen molar-refractivity contribution in [2.75, 3.05) is 7.05 Å². The van der Waals surface area contributed by atoms with Crippen LogP contribution in [-0.2, 0) is 6.54 Å². The summed E-state index contributed by atoms with van der Waals surface area (Å²) in [5.41, 5.74) is 11.3. The molecule has 0 amide bonds. The predicted molar refractivity (Wildman–Crippen MR) is 61.9 cm³/mol. The molecule has 0 unspecified atom stereocenters. The topological polar surface area (TPSA) is 104 Å². The summed E-state index contributed by atoms with van der Waals surface area (Å²) in [5.74, 6) is -0.0815. The summed E-state index contributed by atoms with van der Waals surface area (Å²) in [5, 5.41) is 10.5. The van der Waals surface area contributed by atoms with Crippen molar-refractivity contribution in [1.82, 2.24) is 9.88 Å². The summed E-state index contributed by atoms with van der Waals surface area (Å²) in [6, 6.07) is 0. The highest BCUT2D eigenvalue weighted by atomic mass is 32.1. The Hall–Kier alpha value is -1.63. The van der Waals surface area contributed by atoms with Gasteiger partial charge in [0.05, 0.1) is 17.2 Å². The number of aliphatic imine (C=N–C) groups is 1. The smallest absolute Gasteiger partial charge is 0.221 e. The summed E-state index contributed by atoms with van der Waals surface area (Å²) >= 11 is 1.58. The Bertz CT molecular complexity index is 378. The number of rotatable bonds is 2. The third kappa shape index (κ3) is 3.55. The summed E-state index contributed by atoms with van der Waals surface area (Å²) < 4.78 is 0. The van der Waals surface area contributed by atoms with Gasteiger partial charge < -0.3 is 16.4 Å². The second-order valence-corrected chi connectivity index (χ2v) is 4.14. The van der Waals surface area contributed by atoms with Gasteiger partial charge in [-0.25, -0.2) is 4.98 Å². The first kappa shape index (κ1) is 11.4. The molecule has 0 aliphatic carbocycles. The van der Waals surface area contributed by atoms with Crippen molar-refractivity contribution in [3.63, 3.8) is 0 Å². The van der Waals surface area contributed by atoms with Gasteiger partial charge in [0.15, 0.2) is 5.96 Å². The molecular weight excluding hydrogens is 212 g/mol. The molecule has 1 heterocycles. The number of hydrogen-bond acceptors (Lipinski definition) is 3. The van der Waals surface area contributed by atoms with Crippen molar-refractivity contribution in [2.24, 2.45) is 16.5 Å². The Kier molecular flexibility index (Phi) is 3.62. The van der Waals surface area contributed by atoms with Crippen LogP contribution in [0.1, 0.15) is 10.7 Å². The quantitative estimate of drug-likeness (QED) is 0.491. The molecule has 0 aromatic carbocycles. The van der Waals surface area contributed by atoms with Crippen molar-refractivity contribution in [2.45, 2.75) is 13.5 Å². The van der Waals surface area contributed by atoms with Gasteiger partial charge in [0.1, 0.15) is 0 Å². The number of guanidine groups is 2. The van der Waals surface area contributed by atoms with E-state index in [1.165, 1.54) is 0 Å².